The van der Waals surface area contributed by atoms with Crippen molar-refractivity contribution in [2.45, 2.75) is 37.7 Å². The molecule has 1 heteroatoms. The highest BCUT2D eigenvalue weighted by molar-refractivity contribution is 5.34. The molecule has 0 heterocycles. The van der Waals surface area contributed by atoms with Gasteiger partial charge < -0.3 is 5.11 Å². The summed E-state index contributed by atoms with van der Waals surface area (Å²) in [6.45, 7) is 3.74. The molecule has 1 aliphatic carbocycles. The summed E-state index contributed by atoms with van der Waals surface area (Å²) in [4.78, 5) is 0. The van der Waals surface area contributed by atoms with Gasteiger partial charge in [0, 0.05) is 0 Å². The van der Waals surface area contributed by atoms with E-state index >= 15 is 0 Å². The van der Waals surface area contributed by atoms with Crippen LogP contribution in [0.15, 0.2) is 36.9 Å². The van der Waals surface area contributed by atoms with Crippen molar-refractivity contribution in [2.24, 2.45) is 0 Å². The third-order valence-corrected chi connectivity index (χ3v) is 3.29. The lowest BCUT2D eigenvalue weighted by Gasteiger charge is -2.27. The van der Waals surface area contributed by atoms with E-state index < -0.39 is 5.60 Å². The Morgan fingerprint density at radius 1 is 1.33 bits per heavy atom. The first-order valence-electron chi connectivity index (χ1n) is 5.68. The Labute approximate surface area is 91.4 Å². The van der Waals surface area contributed by atoms with Gasteiger partial charge in [-0.25, -0.2) is 0 Å². The molecule has 1 atom stereocenters. The third-order valence-electron chi connectivity index (χ3n) is 3.29. The van der Waals surface area contributed by atoms with Gasteiger partial charge in [-0.3, -0.25) is 0 Å². The first-order valence-corrected chi connectivity index (χ1v) is 5.68. The number of rotatable bonds is 2. The van der Waals surface area contributed by atoms with E-state index in [2.05, 4.69) is 24.8 Å². The van der Waals surface area contributed by atoms with Crippen molar-refractivity contribution >= 4 is 0 Å². The predicted octanol–water partition coefficient (Wildman–Crippen LogP) is 3.18. The third kappa shape index (κ3) is 1.98. The smallest absolute Gasteiger partial charge is 0.0933 e. The van der Waals surface area contributed by atoms with E-state index in [4.69, 9.17) is 0 Å². The molecule has 0 aromatic heterocycles. The standard InChI is InChI=1S/C14H18O/c1-2-10-14(15)11-6-5-8-12-7-3-4-9-13(12)14/h2-4,7,9,15H,1,5-6,8,10-11H2/t14-/m0/s1. The van der Waals surface area contributed by atoms with Crippen LogP contribution in [0.5, 0.6) is 0 Å². The average Bonchev–Trinajstić information content (AvgIpc) is 2.40. The number of hydrogen-bond acceptors (Lipinski definition) is 1. The minimum atomic E-state index is -0.672. The summed E-state index contributed by atoms with van der Waals surface area (Å²) >= 11 is 0. The molecule has 0 radical (unpaired) electrons. The van der Waals surface area contributed by atoms with Crippen LogP contribution < -0.4 is 0 Å². The van der Waals surface area contributed by atoms with E-state index in [9.17, 15) is 5.11 Å². The van der Waals surface area contributed by atoms with Crippen LogP contribution in [0.4, 0.5) is 0 Å². The largest absolute Gasteiger partial charge is 0.385 e. The summed E-state index contributed by atoms with van der Waals surface area (Å²) in [5.74, 6) is 0. The Bertz CT molecular complexity index is 356. The number of aliphatic hydroxyl groups is 1. The summed E-state index contributed by atoms with van der Waals surface area (Å²) in [5.41, 5.74) is 1.75. The number of fused-ring (bicyclic) bond motifs is 1. The van der Waals surface area contributed by atoms with E-state index in [1.807, 2.05) is 12.1 Å². The molecule has 0 amide bonds. The van der Waals surface area contributed by atoms with E-state index in [-0.39, 0.29) is 0 Å². The zero-order valence-electron chi connectivity index (χ0n) is 9.08. The molecule has 1 aromatic rings. The topological polar surface area (TPSA) is 20.2 Å². The van der Waals surface area contributed by atoms with Crippen LogP contribution in [0.25, 0.3) is 0 Å². The van der Waals surface area contributed by atoms with Crippen LogP contribution in [-0.4, -0.2) is 5.11 Å². The Morgan fingerprint density at radius 2 is 2.13 bits per heavy atom. The molecule has 0 bridgehead atoms. The maximum absolute atomic E-state index is 10.6. The summed E-state index contributed by atoms with van der Waals surface area (Å²) in [5, 5.41) is 10.6. The summed E-state index contributed by atoms with van der Waals surface area (Å²) in [7, 11) is 0. The molecule has 15 heavy (non-hydrogen) atoms. The molecule has 0 unspecified atom stereocenters. The highest BCUT2D eigenvalue weighted by Crippen LogP contribution is 2.36. The van der Waals surface area contributed by atoms with E-state index in [0.29, 0.717) is 6.42 Å². The van der Waals surface area contributed by atoms with Gasteiger partial charge >= 0.3 is 0 Å². The molecule has 0 aliphatic heterocycles. The quantitative estimate of drug-likeness (QED) is 0.577. The van der Waals surface area contributed by atoms with Gasteiger partial charge in [-0.15, -0.1) is 6.58 Å². The number of hydrogen-bond donors (Lipinski definition) is 1. The van der Waals surface area contributed by atoms with Crippen LogP contribution in [0.3, 0.4) is 0 Å². The second kappa shape index (κ2) is 4.19. The lowest BCUT2D eigenvalue weighted by molar-refractivity contribution is 0.0300. The van der Waals surface area contributed by atoms with Crippen molar-refractivity contribution in [1.82, 2.24) is 0 Å². The zero-order valence-corrected chi connectivity index (χ0v) is 9.08. The summed E-state index contributed by atoms with van der Waals surface area (Å²) in [6, 6.07) is 8.26. The molecule has 0 fully saturated rings. The Balaban J connectivity index is 2.44. The molecule has 1 aromatic carbocycles. The molecule has 0 saturated heterocycles. The molecule has 2 rings (SSSR count). The Kier molecular flexibility index (Phi) is 2.92. The first-order chi connectivity index (χ1) is 7.26. The van der Waals surface area contributed by atoms with Crippen molar-refractivity contribution in [2.75, 3.05) is 0 Å². The average molecular weight is 202 g/mol. The second-order valence-corrected chi connectivity index (χ2v) is 4.39. The molecule has 0 spiro atoms. The molecular weight excluding hydrogens is 184 g/mol. The van der Waals surface area contributed by atoms with Gasteiger partial charge in [-0.05, 0) is 43.2 Å². The van der Waals surface area contributed by atoms with Crippen molar-refractivity contribution in [3.05, 3.63) is 48.0 Å². The fourth-order valence-corrected chi connectivity index (χ4v) is 2.51. The molecule has 1 aliphatic rings. The van der Waals surface area contributed by atoms with Crippen LogP contribution >= 0.6 is 0 Å². The maximum atomic E-state index is 10.6. The first kappa shape index (κ1) is 10.4. The SMILES string of the molecule is C=CC[C@]1(O)CCCCc2ccccc21. The highest BCUT2D eigenvalue weighted by atomic mass is 16.3. The summed E-state index contributed by atoms with van der Waals surface area (Å²) < 4.78 is 0. The van der Waals surface area contributed by atoms with Crippen molar-refractivity contribution in [1.29, 1.82) is 0 Å². The Morgan fingerprint density at radius 3 is 2.93 bits per heavy atom. The second-order valence-electron chi connectivity index (χ2n) is 4.39. The van der Waals surface area contributed by atoms with Gasteiger partial charge in [0.15, 0.2) is 0 Å². The lowest BCUT2D eigenvalue weighted by atomic mass is 9.85. The fourth-order valence-electron chi connectivity index (χ4n) is 2.51. The van der Waals surface area contributed by atoms with Crippen molar-refractivity contribution in [3.8, 4) is 0 Å². The summed E-state index contributed by atoms with van der Waals surface area (Å²) in [6.07, 6.45) is 6.70. The van der Waals surface area contributed by atoms with Gasteiger partial charge in [0.25, 0.3) is 0 Å². The number of aryl methyl sites for hydroxylation is 1. The molecular formula is C14H18O. The van der Waals surface area contributed by atoms with Gasteiger partial charge in [-0.1, -0.05) is 30.3 Å². The fraction of sp³-hybridized carbons (Fsp3) is 0.429. The normalized spacial score (nSPS) is 25.4. The Hall–Kier alpha value is -1.08. The zero-order chi connectivity index (χ0) is 10.7. The molecule has 1 nitrogen and oxygen atoms in total. The number of benzene rings is 1. The van der Waals surface area contributed by atoms with Crippen molar-refractivity contribution < 1.29 is 5.11 Å². The van der Waals surface area contributed by atoms with E-state index in [0.717, 1.165) is 24.8 Å². The van der Waals surface area contributed by atoms with Gasteiger partial charge in [-0.2, -0.15) is 0 Å². The van der Waals surface area contributed by atoms with Crippen LogP contribution in [0.2, 0.25) is 0 Å². The maximum Gasteiger partial charge on any atom is 0.0933 e. The van der Waals surface area contributed by atoms with E-state index in [1.165, 1.54) is 12.0 Å². The highest BCUT2D eigenvalue weighted by Gasteiger charge is 2.31. The van der Waals surface area contributed by atoms with Crippen LogP contribution in [0, 0.1) is 0 Å². The van der Waals surface area contributed by atoms with Crippen LogP contribution in [0.1, 0.15) is 36.8 Å². The minimum absolute atomic E-state index is 0.657. The van der Waals surface area contributed by atoms with Gasteiger partial charge in [0.1, 0.15) is 0 Å². The van der Waals surface area contributed by atoms with Crippen LogP contribution in [-0.2, 0) is 12.0 Å². The molecule has 80 valence electrons. The van der Waals surface area contributed by atoms with Gasteiger partial charge in [0.2, 0.25) is 0 Å². The van der Waals surface area contributed by atoms with E-state index in [1.54, 1.807) is 0 Å². The van der Waals surface area contributed by atoms with Crippen molar-refractivity contribution in [3.63, 3.8) is 0 Å². The minimum Gasteiger partial charge on any atom is -0.385 e. The molecule has 1 N–H and O–H groups in total. The van der Waals surface area contributed by atoms with Gasteiger partial charge in [0.05, 0.1) is 5.60 Å². The monoisotopic (exact) mass is 202 g/mol. The predicted molar refractivity (Wildman–Crippen MR) is 62.7 cm³/mol. The molecule has 0 saturated carbocycles. The lowest BCUT2D eigenvalue weighted by Crippen LogP contribution is -2.25.